The van der Waals surface area contributed by atoms with Gasteiger partial charge in [0.2, 0.25) is 0 Å². The van der Waals surface area contributed by atoms with Gasteiger partial charge >= 0.3 is 0 Å². The van der Waals surface area contributed by atoms with Gasteiger partial charge in [-0.05, 0) is 101 Å². The highest BCUT2D eigenvalue weighted by Gasteiger charge is 2.31. The van der Waals surface area contributed by atoms with E-state index in [4.69, 9.17) is 0 Å². The van der Waals surface area contributed by atoms with Crippen molar-refractivity contribution in [3.8, 4) is 0 Å². The first kappa shape index (κ1) is 44.4. The summed E-state index contributed by atoms with van der Waals surface area (Å²) in [6, 6.07) is 6.90. The molecule has 0 spiro atoms. The number of benzene rings is 1. The maximum atomic E-state index is 12.6. The van der Waals surface area contributed by atoms with Gasteiger partial charge in [-0.15, -0.1) is 0 Å². The van der Waals surface area contributed by atoms with Crippen molar-refractivity contribution in [2.75, 3.05) is 19.6 Å². The van der Waals surface area contributed by atoms with Gasteiger partial charge in [0.25, 0.3) is 5.91 Å². The molecule has 2 aliphatic rings. The Morgan fingerprint density at radius 3 is 1.92 bits per heavy atom. The van der Waals surface area contributed by atoms with Gasteiger partial charge in [0.1, 0.15) is 0 Å². The van der Waals surface area contributed by atoms with Crippen LogP contribution < -0.4 is 5.32 Å². The van der Waals surface area contributed by atoms with Crippen molar-refractivity contribution in [2.24, 2.45) is 5.92 Å². The van der Waals surface area contributed by atoms with Crippen LogP contribution in [0.2, 0.25) is 0 Å². The minimum Gasteiger partial charge on any atom is -0.352 e. The molecule has 39 heavy (non-hydrogen) atoms. The zero-order valence-corrected chi connectivity index (χ0v) is 29.6. The number of hydrogen-bond acceptors (Lipinski definition) is 2. The summed E-state index contributed by atoms with van der Waals surface area (Å²) in [7, 11) is 0. The summed E-state index contributed by atoms with van der Waals surface area (Å²) in [5.41, 5.74) is 4.82. The summed E-state index contributed by atoms with van der Waals surface area (Å²) in [5.74, 6) is 1.59. The van der Waals surface area contributed by atoms with Crippen LogP contribution in [0.4, 0.5) is 0 Å². The van der Waals surface area contributed by atoms with Crippen LogP contribution in [0.25, 0.3) is 0 Å². The molecule has 1 aromatic rings. The second-order valence-electron chi connectivity index (χ2n) is 8.72. The van der Waals surface area contributed by atoms with Crippen LogP contribution in [0.15, 0.2) is 29.8 Å². The van der Waals surface area contributed by atoms with Crippen molar-refractivity contribution in [2.45, 2.75) is 155 Å². The number of aryl methyl sites for hydroxylation is 1. The van der Waals surface area contributed by atoms with Gasteiger partial charge in [-0.2, -0.15) is 0 Å². The Kier molecular flexibility index (Phi) is 35.2. The van der Waals surface area contributed by atoms with E-state index < -0.39 is 0 Å². The number of allylic oxidation sites excluding steroid dienone is 1. The normalized spacial score (nSPS) is 17.6. The lowest BCUT2D eigenvalue weighted by atomic mass is 9.83. The molecule has 2 fully saturated rings. The largest absolute Gasteiger partial charge is 0.352 e. The van der Waals surface area contributed by atoms with Crippen molar-refractivity contribution in [1.29, 1.82) is 0 Å². The molecular weight excluding hydrogens is 476 g/mol. The Balaban J connectivity index is -0.000000451. The van der Waals surface area contributed by atoms with Gasteiger partial charge in [-0.3, -0.25) is 4.79 Å². The highest BCUT2D eigenvalue weighted by atomic mass is 16.1. The Morgan fingerprint density at radius 2 is 1.46 bits per heavy atom. The van der Waals surface area contributed by atoms with E-state index in [1.54, 1.807) is 0 Å². The molecular formula is C36H72N2O. The predicted octanol–water partition coefficient (Wildman–Crippen LogP) is 11.2. The first-order chi connectivity index (χ1) is 19.0. The van der Waals surface area contributed by atoms with Crippen molar-refractivity contribution in [3.05, 3.63) is 46.5 Å². The molecule has 1 heterocycles. The van der Waals surface area contributed by atoms with Crippen molar-refractivity contribution < 1.29 is 4.79 Å². The molecule has 2 atom stereocenters. The molecule has 1 N–H and O–H groups in total. The lowest BCUT2D eigenvalue weighted by Crippen LogP contribution is -2.41. The molecule has 1 aliphatic carbocycles. The summed E-state index contributed by atoms with van der Waals surface area (Å²) in [6.45, 7) is 35.9. The van der Waals surface area contributed by atoms with Crippen LogP contribution in [0.1, 0.15) is 163 Å². The number of nitrogens with zero attached hydrogens (tertiary/aromatic N) is 1. The van der Waals surface area contributed by atoms with Gasteiger partial charge in [-0.1, -0.05) is 101 Å². The fourth-order valence-electron chi connectivity index (χ4n) is 4.25. The Labute approximate surface area is 247 Å². The fraction of sp³-hybridized carbons (Fsp3) is 0.750. The molecule has 3 nitrogen and oxygen atoms in total. The minimum atomic E-state index is 0.0550. The summed E-state index contributed by atoms with van der Waals surface area (Å²) in [5, 5.41) is 3.07. The Bertz CT molecular complexity index is 691. The van der Waals surface area contributed by atoms with Crippen LogP contribution >= 0.6 is 0 Å². The highest BCUT2D eigenvalue weighted by Crippen LogP contribution is 2.37. The highest BCUT2D eigenvalue weighted by molar-refractivity contribution is 5.94. The summed E-state index contributed by atoms with van der Waals surface area (Å²) >= 11 is 0. The van der Waals surface area contributed by atoms with E-state index >= 15 is 0 Å². The topological polar surface area (TPSA) is 32.3 Å². The molecule has 0 radical (unpaired) electrons. The Morgan fingerprint density at radius 1 is 0.923 bits per heavy atom. The third kappa shape index (κ3) is 19.2. The SMILES string of the molecule is C/C=C(\C)CCNC(=O)c1ccc(C)c(C2CCN(CC3CC3)C(C)C2)c1.CC.CC.CC.CC.CC.CC. The van der Waals surface area contributed by atoms with Crippen molar-refractivity contribution in [1.82, 2.24) is 10.2 Å². The molecule has 232 valence electrons. The molecule has 0 aromatic heterocycles. The van der Waals surface area contributed by atoms with Crippen molar-refractivity contribution in [3.63, 3.8) is 0 Å². The first-order valence-electron chi connectivity index (χ1n) is 16.7. The molecule has 2 unspecified atom stereocenters. The van der Waals surface area contributed by atoms with Gasteiger partial charge in [0.15, 0.2) is 0 Å². The quantitative estimate of drug-likeness (QED) is 0.344. The minimum absolute atomic E-state index is 0.0550. The van der Waals surface area contributed by atoms with Crippen LogP contribution in [0.5, 0.6) is 0 Å². The molecule has 1 aromatic carbocycles. The number of hydrogen-bond donors (Lipinski definition) is 1. The average molecular weight is 549 g/mol. The second-order valence-corrected chi connectivity index (χ2v) is 8.72. The Hall–Kier alpha value is -1.61. The smallest absolute Gasteiger partial charge is 0.251 e. The lowest BCUT2D eigenvalue weighted by Gasteiger charge is -2.38. The molecule has 1 aliphatic heterocycles. The molecule has 3 heteroatoms. The number of rotatable bonds is 7. The first-order valence-corrected chi connectivity index (χ1v) is 16.7. The summed E-state index contributed by atoms with van der Waals surface area (Å²) in [4.78, 5) is 15.3. The number of carbonyl (C=O) groups is 1. The van der Waals surface area contributed by atoms with E-state index in [2.05, 4.69) is 49.2 Å². The zero-order valence-electron chi connectivity index (χ0n) is 29.6. The third-order valence-electron chi connectivity index (χ3n) is 6.48. The number of likely N-dealkylation sites (tertiary alicyclic amines) is 1. The monoisotopic (exact) mass is 549 g/mol. The maximum Gasteiger partial charge on any atom is 0.251 e. The van der Waals surface area contributed by atoms with Gasteiger partial charge in [0.05, 0.1) is 0 Å². The molecule has 1 amide bonds. The van der Waals surface area contributed by atoms with E-state index in [1.165, 1.54) is 55.5 Å². The van der Waals surface area contributed by atoms with Crippen LogP contribution in [0.3, 0.4) is 0 Å². The summed E-state index contributed by atoms with van der Waals surface area (Å²) < 4.78 is 0. The number of carbonyl (C=O) groups excluding carboxylic acids is 1. The fourth-order valence-corrected chi connectivity index (χ4v) is 4.25. The maximum absolute atomic E-state index is 12.6. The molecule has 1 saturated heterocycles. The van der Waals surface area contributed by atoms with E-state index in [0.29, 0.717) is 18.5 Å². The van der Waals surface area contributed by atoms with Gasteiger partial charge in [0, 0.05) is 24.7 Å². The van der Waals surface area contributed by atoms with Crippen LogP contribution in [-0.4, -0.2) is 36.5 Å². The van der Waals surface area contributed by atoms with Gasteiger partial charge in [-0.25, -0.2) is 0 Å². The standard InChI is InChI=1S/C24H36N2O.6C2H6/c1-5-17(2)10-12-25-24(27)22-9-6-18(3)23(15-22)21-11-13-26(19(4)14-21)16-20-7-8-20;6*1-2/h5-6,9,15,19-21H,7-8,10-14,16H2,1-4H3,(H,25,27);6*1-2H3/b17-5+;;;;;;. The lowest BCUT2D eigenvalue weighted by molar-refractivity contribution is 0.0954. The van der Waals surface area contributed by atoms with Crippen molar-refractivity contribution >= 4 is 5.91 Å². The predicted molar refractivity (Wildman–Crippen MR) is 181 cm³/mol. The van der Waals surface area contributed by atoms with Crippen LogP contribution in [-0.2, 0) is 0 Å². The summed E-state index contributed by atoms with van der Waals surface area (Å²) in [6.07, 6.45) is 8.29. The van der Waals surface area contributed by atoms with E-state index in [-0.39, 0.29) is 5.91 Å². The molecule has 3 rings (SSSR count). The van der Waals surface area contributed by atoms with Gasteiger partial charge < -0.3 is 10.2 Å². The van der Waals surface area contributed by atoms with Crippen LogP contribution in [0, 0.1) is 12.8 Å². The zero-order chi connectivity index (χ0) is 31.4. The second kappa shape index (κ2) is 30.9. The van der Waals surface area contributed by atoms with E-state index in [1.807, 2.05) is 96.1 Å². The average Bonchev–Trinajstić information content (AvgIpc) is 3.84. The van der Waals surface area contributed by atoms with E-state index in [9.17, 15) is 4.79 Å². The third-order valence-corrected chi connectivity index (χ3v) is 6.48. The molecule has 0 bridgehead atoms. The number of amides is 1. The number of nitrogens with one attached hydrogen (secondary N) is 1. The van der Waals surface area contributed by atoms with E-state index in [0.717, 1.165) is 17.9 Å². The molecule has 1 saturated carbocycles. The number of piperidine rings is 1.